The van der Waals surface area contributed by atoms with Crippen LogP contribution in [0.25, 0.3) is 10.6 Å². The molecule has 2 aromatic carbocycles. The van der Waals surface area contributed by atoms with Gasteiger partial charge in [-0.3, -0.25) is 24.3 Å². The topological polar surface area (TPSA) is 112 Å². The lowest BCUT2D eigenvalue weighted by atomic mass is 9.96. The molecule has 8 nitrogen and oxygen atoms in total. The summed E-state index contributed by atoms with van der Waals surface area (Å²) in [7, 11) is 0. The largest absolute Gasteiger partial charge is 0.503 e. The van der Waals surface area contributed by atoms with Crippen LogP contribution in [0.5, 0.6) is 0 Å². The minimum absolute atomic E-state index is 0.0470. The number of nitrogens with zero attached hydrogens (tertiary/aromatic N) is 3. The number of rotatable bonds is 6. The van der Waals surface area contributed by atoms with Crippen LogP contribution in [0.3, 0.4) is 0 Å². The van der Waals surface area contributed by atoms with Crippen molar-refractivity contribution >= 4 is 40.3 Å². The number of Topliss-reactive ketones (excluding diaryl/α,β-unsaturated/α-hetero) is 1. The van der Waals surface area contributed by atoms with Gasteiger partial charge in [-0.1, -0.05) is 42.5 Å². The van der Waals surface area contributed by atoms with Crippen LogP contribution in [0.1, 0.15) is 33.9 Å². The van der Waals surface area contributed by atoms with Gasteiger partial charge in [0.25, 0.3) is 5.91 Å². The normalized spacial score (nSPS) is 15.2. The Kier molecular flexibility index (Phi) is 6.37. The highest BCUT2D eigenvalue weighted by Crippen LogP contribution is 2.43. The van der Waals surface area contributed by atoms with Crippen molar-refractivity contribution in [3.8, 4) is 10.6 Å². The number of nitrogens with one attached hydrogen (secondary N) is 1. The predicted octanol–water partition coefficient (Wildman–Crippen LogP) is 5.25. The van der Waals surface area contributed by atoms with E-state index >= 15 is 0 Å². The quantitative estimate of drug-likeness (QED) is 0.343. The first-order valence-electron chi connectivity index (χ1n) is 11.5. The van der Waals surface area contributed by atoms with Gasteiger partial charge in [-0.15, -0.1) is 11.3 Å². The van der Waals surface area contributed by atoms with Crippen molar-refractivity contribution < 1.29 is 19.5 Å². The molecule has 1 unspecified atom stereocenters. The molecule has 184 valence electrons. The average Bonchev–Trinajstić information content (AvgIpc) is 3.42. The van der Waals surface area contributed by atoms with Gasteiger partial charge in [0.15, 0.2) is 5.76 Å². The van der Waals surface area contributed by atoms with Gasteiger partial charge in [0.1, 0.15) is 5.01 Å². The van der Waals surface area contributed by atoms with Crippen LogP contribution >= 0.6 is 11.3 Å². The van der Waals surface area contributed by atoms with Crippen LogP contribution in [-0.4, -0.2) is 32.7 Å². The third kappa shape index (κ3) is 4.52. The molecule has 4 aromatic rings. The number of thiazole rings is 1. The molecule has 1 aliphatic heterocycles. The van der Waals surface area contributed by atoms with Gasteiger partial charge in [0.05, 0.1) is 22.2 Å². The number of benzene rings is 2. The van der Waals surface area contributed by atoms with Crippen LogP contribution in [0.4, 0.5) is 11.4 Å². The van der Waals surface area contributed by atoms with Crippen molar-refractivity contribution in [1.29, 1.82) is 0 Å². The fourth-order valence-corrected chi connectivity index (χ4v) is 5.35. The number of pyridine rings is 1. The van der Waals surface area contributed by atoms with Crippen LogP contribution in [-0.2, 0) is 9.59 Å². The van der Waals surface area contributed by atoms with Crippen molar-refractivity contribution in [2.75, 3.05) is 10.2 Å². The Bertz CT molecular complexity index is 1550. The van der Waals surface area contributed by atoms with E-state index in [2.05, 4.69) is 15.3 Å². The molecule has 9 heteroatoms. The molecule has 0 radical (unpaired) electrons. The van der Waals surface area contributed by atoms with E-state index in [1.807, 2.05) is 30.3 Å². The van der Waals surface area contributed by atoms with E-state index in [9.17, 15) is 19.5 Å². The molecule has 1 atom stereocenters. The van der Waals surface area contributed by atoms with Crippen molar-refractivity contribution in [2.24, 2.45) is 0 Å². The maximum atomic E-state index is 13.9. The molecule has 0 aliphatic carbocycles. The van der Waals surface area contributed by atoms with Crippen LogP contribution < -0.4 is 10.2 Å². The summed E-state index contributed by atoms with van der Waals surface area (Å²) in [5.41, 5.74) is 2.78. The zero-order chi connectivity index (χ0) is 26.1. The number of carbonyl (C=O) groups is 3. The molecular formula is C28H22N4O4S. The molecule has 2 N–H and O–H groups in total. The Hall–Kier alpha value is -4.63. The van der Waals surface area contributed by atoms with Crippen LogP contribution in [0.15, 0.2) is 90.5 Å². The molecule has 2 aromatic heterocycles. The number of hydrogen-bond donors (Lipinski definition) is 2. The highest BCUT2D eigenvalue weighted by Gasteiger charge is 2.45. The summed E-state index contributed by atoms with van der Waals surface area (Å²) in [6.07, 6.45) is 3.15. The highest BCUT2D eigenvalue weighted by atomic mass is 32.1. The number of amides is 2. The number of aliphatic hydroxyl groups excluding tert-OH is 1. The summed E-state index contributed by atoms with van der Waals surface area (Å²) in [4.78, 5) is 49.4. The average molecular weight is 511 g/mol. The second-order valence-electron chi connectivity index (χ2n) is 8.49. The first-order valence-corrected chi connectivity index (χ1v) is 12.3. The second kappa shape index (κ2) is 9.79. The molecule has 0 saturated heterocycles. The van der Waals surface area contributed by atoms with Gasteiger partial charge in [-0.05, 0) is 36.8 Å². The van der Waals surface area contributed by atoms with E-state index in [-0.39, 0.29) is 11.5 Å². The zero-order valence-corrected chi connectivity index (χ0v) is 20.8. The number of hydrogen-bond acceptors (Lipinski definition) is 7. The van der Waals surface area contributed by atoms with Gasteiger partial charge in [0, 0.05) is 36.3 Å². The number of aryl methyl sites for hydroxylation is 1. The third-order valence-electron chi connectivity index (χ3n) is 5.92. The summed E-state index contributed by atoms with van der Waals surface area (Å²) in [6, 6.07) is 18.7. The van der Waals surface area contributed by atoms with Crippen molar-refractivity contribution in [2.45, 2.75) is 19.9 Å². The van der Waals surface area contributed by atoms with E-state index in [4.69, 9.17) is 0 Å². The fraction of sp³-hybridized carbons (Fsp3) is 0.107. The van der Waals surface area contributed by atoms with Crippen molar-refractivity contribution in [3.63, 3.8) is 0 Å². The number of ketones is 1. The molecule has 37 heavy (non-hydrogen) atoms. The zero-order valence-electron chi connectivity index (χ0n) is 20.0. The summed E-state index contributed by atoms with van der Waals surface area (Å²) < 4.78 is 0. The molecular weight excluding hydrogens is 488 g/mol. The maximum absolute atomic E-state index is 13.9. The Morgan fingerprint density at radius 1 is 1.05 bits per heavy atom. The van der Waals surface area contributed by atoms with Gasteiger partial charge < -0.3 is 10.4 Å². The Morgan fingerprint density at radius 2 is 1.84 bits per heavy atom. The molecule has 2 amide bonds. The molecule has 0 bridgehead atoms. The molecule has 0 spiro atoms. The first kappa shape index (κ1) is 24.1. The van der Waals surface area contributed by atoms with Crippen molar-refractivity contribution in [1.82, 2.24) is 9.97 Å². The van der Waals surface area contributed by atoms with Gasteiger partial charge in [-0.2, -0.15) is 0 Å². The molecule has 0 fully saturated rings. The highest BCUT2D eigenvalue weighted by molar-refractivity contribution is 7.17. The monoisotopic (exact) mass is 510 g/mol. The van der Waals surface area contributed by atoms with Crippen LogP contribution in [0, 0.1) is 6.92 Å². The van der Waals surface area contributed by atoms with E-state index in [1.54, 1.807) is 55.7 Å². The van der Waals surface area contributed by atoms with E-state index in [0.29, 0.717) is 32.5 Å². The Morgan fingerprint density at radius 3 is 2.54 bits per heavy atom. The smallest absolute Gasteiger partial charge is 0.294 e. The second-order valence-corrected chi connectivity index (χ2v) is 9.49. The standard InChI is InChI=1S/C28H22N4O4S/c1-16-26(37-27(30-16)18-8-4-3-5-9-18)24(34)22-23(19-10-7-13-29-15-19)32(28(36)25(22)35)21-12-6-11-20(14-21)31-17(2)33/h3-15,23,35H,1-2H3,(H,31,33). The fourth-order valence-electron chi connectivity index (χ4n) is 4.33. The lowest BCUT2D eigenvalue weighted by Gasteiger charge is -2.27. The first-order chi connectivity index (χ1) is 17.8. The lowest BCUT2D eigenvalue weighted by molar-refractivity contribution is -0.117. The molecule has 1 aliphatic rings. The predicted molar refractivity (Wildman–Crippen MR) is 141 cm³/mol. The molecule has 5 rings (SSSR count). The Labute approximate surface area is 216 Å². The molecule has 0 saturated carbocycles. The summed E-state index contributed by atoms with van der Waals surface area (Å²) >= 11 is 1.22. The summed E-state index contributed by atoms with van der Waals surface area (Å²) in [5, 5.41) is 14.4. The summed E-state index contributed by atoms with van der Waals surface area (Å²) in [5.74, 6) is -2.08. The van der Waals surface area contributed by atoms with E-state index < -0.39 is 23.5 Å². The number of carbonyl (C=O) groups excluding carboxylic acids is 3. The van der Waals surface area contributed by atoms with Gasteiger partial charge in [-0.25, -0.2) is 4.98 Å². The minimum Gasteiger partial charge on any atom is -0.503 e. The van der Waals surface area contributed by atoms with Gasteiger partial charge >= 0.3 is 0 Å². The lowest BCUT2D eigenvalue weighted by Crippen LogP contribution is -2.31. The maximum Gasteiger partial charge on any atom is 0.294 e. The van der Waals surface area contributed by atoms with Crippen molar-refractivity contribution in [3.05, 3.63) is 107 Å². The number of anilines is 2. The minimum atomic E-state index is -0.928. The van der Waals surface area contributed by atoms with E-state index in [1.165, 1.54) is 23.2 Å². The van der Waals surface area contributed by atoms with Crippen LogP contribution in [0.2, 0.25) is 0 Å². The van der Waals surface area contributed by atoms with E-state index in [0.717, 1.165) is 5.56 Å². The van der Waals surface area contributed by atoms with Gasteiger partial charge in [0.2, 0.25) is 11.7 Å². The number of aliphatic hydroxyl groups is 1. The SMILES string of the molecule is CC(=O)Nc1cccc(N2C(=O)C(O)=C(C(=O)c3sc(-c4ccccc4)nc3C)C2c2cccnc2)c1. The summed E-state index contributed by atoms with van der Waals surface area (Å²) in [6.45, 7) is 3.12. The number of aromatic nitrogens is 2. The molecule has 3 heterocycles. The Balaban J connectivity index is 1.61. The third-order valence-corrected chi connectivity index (χ3v) is 7.13.